The molecule has 0 bridgehead atoms. The summed E-state index contributed by atoms with van der Waals surface area (Å²) in [5.74, 6) is 0. The summed E-state index contributed by atoms with van der Waals surface area (Å²) in [6, 6.07) is 0. The first-order valence-electron chi connectivity index (χ1n) is 3.05. The van der Waals surface area contributed by atoms with Crippen molar-refractivity contribution in [1.82, 2.24) is 0 Å². The van der Waals surface area contributed by atoms with Gasteiger partial charge in [0.05, 0.1) is 0 Å². The Kier molecular flexibility index (Phi) is 2.12. The number of allylic oxidation sites excluding steroid dienone is 4. The smallest absolute Gasteiger partial charge is 0.0400 e. The molecule has 0 aliphatic heterocycles. The Morgan fingerprint density at radius 2 is 2.00 bits per heavy atom. The Labute approximate surface area is 64.8 Å². The van der Waals surface area contributed by atoms with Crippen molar-refractivity contribution in [2.24, 2.45) is 0 Å². The van der Waals surface area contributed by atoms with E-state index in [0.717, 1.165) is 0 Å². The molecule has 1 atom stereocenters. The average molecular weight is 186 g/mol. The number of halogens is 1. The minimum atomic E-state index is 0.446. The Hall–Kier alpha value is -0.0400. The van der Waals surface area contributed by atoms with Crippen LogP contribution in [0.4, 0.5) is 0 Å². The van der Waals surface area contributed by atoms with Crippen molar-refractivity contribution in [1.29, 1.82) is 0 Å². The van der Waals surface area contributed by atoms with E-state index in [4.69, 9.17) is 0 Å². The van der Waals surface area contributed by atoms with Crippen molar-refractivity contribution in [3.8, 4) is 0 Å². The van der Waals surface area contributed by atoms with Crippen molar-refractivity contribution in [2.75, 3.05) is 0 Å². The first-order valence-corrected chi connectivity index (χ1v) is 3.96. The van der Waals surface area contributed by atoms with Gasteiger partial charge in [-0.3, -0.25) is 0 Å². The van der Waals surface area contributed by atoms with Gasteiger partial charge < -0.3 is 0 Å². The maximum absolute atomic E-state index is 3.48. The number of alkyl halides is 1. The van der Waals surface area contributed by atoms with Gasteiger partial charge in [0.2, 0.25) is 0 Å². The number of hydrogen-bond donors (Lipinski definition) is 0. The van der Waals surface area contributed by atoms with Crippen molar-refractivity contribution < 1.29 is 0 Å². The van der Waals surface area contributed by atoms with Crippen molar-refractivity contribution in [3.05, 3.63) is 29.7 Å². The molecule has 1 unspecified atom stereocenters. The van der Waals surface area contributed by atoms with E-state index in [1.807, 2.05) is 0 Å². The molecule has 1 heteroatoms. The summed E-state index contributed by atoms with van der Waals surface area (Å²) >= 11 is 3.48. The zero-order chi connectivity index (χ0) is 6.85. The van der Waals surface area contributed by atoms with Gasteiger partial charge >= 0.3 is 0 Å². The van der Waals surface area contributed by atoms with Crippen molar-refractivity contribution >= 4 is 15.9 Å². The van der Waals surface area contributed by atoms with E-state index in [2.05, 4.69) is 48.4 Å². The van der Waals surface area contributed by atoms with Crippen LogP contribution in [0.15, 0.2) is 23.3 Å². The standard InChI is InChI=1S/C8H10Br/c1-6-3-4-8(9)5-7(6)2/h3-5,8H,1-2H3. The van der Waals surface area contributed by atoms with E-state index in [-0.39, 0.29) is 0 Å². The first-order chi connectivity index (χ1) is 4.20. The summed E-state index contributed by atoms with van der Waals surface area (Å²) in [6.45, 7) is 4.26. The Morgan fingerprint density at radius 1 is 1.33 bits per heavy atom. The van der Waals surface area contributed by atoms with Crippen molar-refractivity contribution in [3.63, 3.8) is 0 Å². The first kappa shape index (κ1) is 7.07. The lowest BCUT2D eigenvalue weighted by Gasteiger charge is -2.11. The second-order valence-corrected chi connectivity index (χ2v) is 3.39. The molecule has 1 rings (SSSR count). The van der Waals surface area contributed by atoms with Gasteiger partial charge in [0, 0.05) is 11.2 Å². The predicted molar refractivity (Wildman–Crippen MR) is 44.5 cm³/mol. The third-order valence-corrected chi connectivity index (χ3v) is 2.13. The highest BCUT2D eigenvalue weighted by molar-refractivity contribution is 9.09. The molecule has 0 fully saturated rings. The van der Waals surface area contributed by atoms with E-state index in [0.29, 0.717) is 4.83 Å². The summed E-state index contributed by atoms with van der Waals surface area (Å²) < 4.78 is 0. The van der Waals surface area contributed by atoms with Crippen LogP contribution >= 0.6 is 15.9 Å². The molecule has 0 saturated carbocycles. The molecule has 1 aliphatic carbocycles. The van der Waals surface area contributed by atoms with Gasteiger partial charge in [-0.2, -0.15) is 0 Å². The van der Waals surface area contributed by atoms with E-state index in [1.165, 1.54) is 11.1 Å². The zero-order valence-electron chi connectivity index (χ0n) is 5.69. The molecule has 0 N–H and O–H groups in total. The molecule has 0 nitrogen and oxygen atoms in total. The average Bonchev–Trinajstić information content (AvgIpc) is 1.80. The highest BCUT2D eigenvalue weighted by Gasteiger charge is 2.05. The van der Waals surface area contributed by atoms with Crippen LogP contribution in [0, 0.1) is 6.42 Å². The molecule has 0 spiro atoms. The second-order valence-electron chi connectivity index (χ2n) is 2.34. The van der Waals surface area contributed by atoms with Gasteiger partial charge in [-0.15, -0.1) is 0 Å². The quantitative estimate of drug-likeness (QED) is 0.510. The van der Waals surface area contributed by atoms with Gasteiger partial charge in [0.25, 0.3) is 0 Å². The Morgan fingerprint density at radius 3 is 2.44 bits per heavy atom. The van der Waals surface area contributed by atoms with Crippen LogP contribution in [-0.2, 0) is 0 Å². The van der Waals surface area contributed by atoms with Crippen molar-refractivity contribution in [2.45, 2.75) is 18.7 Å². The largest absolute Gasteiger partial charge is 0.0838 e. The lowest BCUT2D eigenvalue weighted by Crippen LogP contribution is -1.99. The molecule has 0 aromatic carbocycles. The highest BCUT2D eigenvalue weighted by atomic mass is 79.9. The molecule has 0 amide bonds. The minimum absolute atomic E-state index is 0.446. The minimum Gasteiger partial charge on any atom is -0.0838 e. The van der Waals surface area contributed by atoms with Gasteiger partial charge in [-0.05, 0) is 13.8 Å². The summed E-state index contributed by atoms with van der Waals surface area (Å²) in [5.41, 5.74) is 2.74. The lowest BCUT2D eigenvalue weighted by molar-refractivity contribution is 1.19. The van der Waals surface area contributed by atoms with Crippen LogP contribution in [0.25, 0.3) is 0 Å². The topological polar surface area (TPSA) is 0 Å². The number of rotatable bonds is 0. The highest BCUT2D eigenvalue weighted by Crippen LogP contribution is 2.20. The van der Waals surface area contributed by atoms with E-state index in [9.17, 15) is 0 Å². The third kappa shape index (κ3) is 1.68. The van der Waals surface area contributed by atoms with Gasteiger partial charge in [0.1, 0.15) is 0 Å². The Bertz CT molecular complexity index is 165. The molecular formula is C8H10Br. The Balaban J connectivity index is 2.75. The molecular weight excluding hydrogens is 176 g/mol. The zero-order valence-corrected chi connectivity index (χ0v) is 7.27. The predicted octanol–water partition coefficient (Wildman–Crippen LogP) is 2.86. The normalized spacial score (nSPS) is 27.2. The molecule has 0 saturated heterocycles. The third-order valence-electron chi connectivity index (χ3n) is 1.56. The fourth-order valence-electron chi connectivity index (χ4n) is 0.794. The summed E-state index contributed by atoms with van der Waals surface area (Å²) in [4.78, 5) is 0.446. The molecule has 0 aromatic heterocycles. The van der Waals surface area contributed by atoms with Crippen LogP contribution in [0.3, 0.4) is 0 Å². The van der Waals surface area contributed by atoms with Crippen LogP contribution in [0.5, 0.6) is 0 Å². The molecule has 9 heavy (non-hydrogen) atoms. The summed E-state index contributed by atoms with van der Waals surface area (Å²) in [7, 11) is 0. The van der Waals surface area contributed by atoms with Crippen LogP contribution in [-0.4, -0.2) is 4.83 Å². The summed E-state index contributed by atoms with van der Waals surface area (Å²) in [6.07, 6.45) is 6.49. The van der Waals surface area contributed by atoms with E-state index < -0.39 is 0 Å². The van der Waals surface area contributed by atoms with Crippen LogP contribution in [0.1, 0.15) is 13.8 Å². The van der Waals surface area contributed by atoms with Gasteiger partial charge in [-0.1, -0.05) is 39.2 Å². The van der Waals surface area contributed by atoms with Gasteiger partial charge in [-0.25, -0.2) is 0 Å². The van der Waals surface area contributed by atoms with Crippen LogP contribution < -0.4 is 0 Å². The SMILES string of the molecule is CC1=C[CH]C(Br)C=C1C. The maximum atomic E-state index is 3.48. The van der Waals surface area contributed by atoms with Crippen LogP contribution in [0.2, 0.25) is 0 Å². The van der Waals surface area contributed by atoms with E-state index >= 15 is 0 Å². The monoisotopic (exact) mass is 185 g/mol. The fourth-order valence-corrected chi connectivity index (χ4v) is 1.34. The molecule has 49 valence electrons. The second kappa shape index (κ2) is 2.70. The van der Waals surface area contributed by atoms with E-state index in [1.54, 1.807) is 0 Å². The fraction of sp³-hybridized carbons (Fsp3) is 0.375. The molecule has 1 radical (unpaired) electrons. The molecule has 0 heterocycles. The maximum Gasteiger partial charge on any atom is 0.0400 e. The lowest BCUT2D eigenvalue weighted by atomic mass is 10.0. The van der Waals surface area contributed by atoms with Gasteiger partial charge in [0.15, 0.2) is 0 Å². The number of hydrogen-bond acceptors (Lipinski definition) is 0. The summed E-state index contributed by atoms with van der Waals surface area (Å²) in [5, 5.41) is 0. The molecule has 0 aromatic rings. The molecule has 1 aliphatic rings.